The number of esters is 1. The minimum atomic E-state index is -0.315. The lowest BCUT2D eigenvalue weighted by molar-refractivity contribution is -0.144. The highest BCUT2D eigenvalue weighted by Crippen LogP contribution is 2.21. The van der Waals surface area contributed by atoms with Crippen molar-refractivity contribution in [1.82, 2.24) is 4.90 Å². The molecule has 0 radical (unpaired) electrons. The van der Waals surface area contributed by atoms with E-state index in [4.69, 9.17) is 9.47 Å². The smallest absolute Gasteiger partial charge is 0.410 e. The van der Waals surface area contributed by atoms with E-state index >= 15 is 0 Å². The van der Waals surface area contributed by atoms with Crippen molar-refractivity contribution < 1.29 is 19.1 Å². The van der Waals surface area contributed by atoms with Gasteiger partial charge in [-0.1, -0.05) is 30.3 Å². The van der Waals surface area contributed by atoms with Crippen LogP contribution in [0, 0.1) is 5.92 Å². The molecule has 114 valence electrons. The normalized spacial score (nSPS) is 17.6. The zero-order chi connectivity index (χ0) is 15.1. The van der Waals surface area contributed by atoms with Gasteiger partial charge in [0.15, 0.2) is 0 Å². The summed E-state index contributed by atoms with van der Waals surface area (Å²) in [5.41, 5.74) is 0.966. The van der Waals surface area contributed by atoms with Crippen LogP contribution < -0.4 is 0 Å². The highest BCUT2D eigenvalue weighted by Gasteiger charge is 2.29. The molecule has 5 heteroatoms. The highest BCUT2D eigenvalue weighted by atomic mass is 16.6. The van der Waals surface area contributed by atoms with Gasteiger partial charge < -0.3 is 14.4 Å². The Morgan fingerprint density at radius 1 is 1.24 bits per heavy atom. The summed E-state index contributed by atoms with van der Waals surface area (Å²) in [5.74, 6) is -0.0182. The quantitative estimate of drug-likeness (QED) is 0.782. The lowest BCUT2D eigenvalue weighted by atomic mass is 10.1. The summed E-state index contributed by atoms with van der Waals surface area (Å²) in [4.78, 5) is 25.1. The van der Waals surface area contributed by atoms with Gasteiger partial charge in [-0.25, -0.2) is 4.79 Å². The molecule has 1 amide bonds. The molecule has 1 atom stereocenters. The van der Waals surface area contributed by atoms with Crippen molar-refractivity contribution in [2.75, 3.05) is 19.7 Å². The molecule has 1 aliphatic rings. The van der Waals surface area contributed by atoms with Crippen LogP contribution in [-0.4, -0.2) is 36.7 Å². The Labute approximate surface area is 124 Å². The van der Waals surface area contributed by atoms with E-state index in [1.54, 1.807) is 11.8 Å². The van der Waals surface area contributed by atoms with Gasteiger partial charge in [-0.2, -0.15) is 0 Å². The Kier molecular flexibility index (Phi) is 5.60. The number of carbonyl (C=O) groups excluding carboxylic acids is 2. The fourth-order valence-corrected chi connectivity index (χ4v) is 2.43. The third-order valence-corrected chi connectivity index (χ3v) is 3.51. The second-order valence-electron chi connectivity index (χ2n) is 5.15. The van der Waals surface area contributed by atoms with Gasteiger partial charge in [0.05, 0.1) is 13.0 Å². The van der Waals surface area contributed by atoms with E-state index in [0.29, 0.717) is 26.1 Å². The first-order valence-corrected chi connectivity index (χ1v) is 7.30. The molecule has 1 aromatic rings. The standard InChI is InChI=1S/C16H21NO4/c1-2-20-15(18)10-14-8-9-17(11-14)16(19)21-12-13-6-4-3-5-7-13/h3-7,14H,2,8-12H2,1H3/t14-/m0/s1. The molecule has 1 aliphatic heterocycles. The van der Waals surface area contributed by atoms with Gasteiger partial charge in [0, 0.05) is 13.1 Å². The summed E-state index contributed by atoms with van der Waals surface area (Å²) in [5, 5.41) is 0. The Bertz CT molecular complexity index is 474. The fraction of sp³-hybridized carbons (Fsp3) is 0.500. The average molecular weight is 291 g/mol. The van der Waals surface area contributed by atoms with Gasteiger partial charge in [0.2, 0.25) is 0 Å². The molecule has 0 aliphatic carbocycles. The summed E-state index contributed by atoms with van der Waals surface area (Å²) in [6, 6.07) is 9.58. The topological polar surface area (TPSA) is 55.8 Å². The Morgan fingerprint density at radius 3 is 2.71 bits per heavy atom. The van der Waals surface area contributed by atoms with E-state index in [0.717, 1.165) is 12.0 Å². The molecule has 5 nitrogen and oxygen atoms in total. The predicted molar refractivity (Wildman–Crippen MR) is 77.6 cm³/mol. The first kappa shape index (κ1) is 15.4. The molecule has 1 fully saturated rings. The molecular weight excluding hydrogens is 270 g/mol. The lowest BCUT2D eigenvalue weighted by Gasteiger charge is -2.16. The van der Waals surface area contributed by atoms with Crippen LogP contribution in [0.25, 0.3) is 0 Å². The molecule has 1 aromatic carbocycles. The van der Waals surface area contributed by atoms with Crippen LogP contribution in [0.3, 0.4) is 0 Å². The summed E-state index contributed by atoms with van der Waals surface area (Å²) in [7, 11) is 0. The van der Waals surface area contributed by atoms with Gasteiger partial charge in [0.25, 0.3) is 0 Å². The monoisotopic (exact) mass is 291 g/mol. The first-order chi connectivity index (χ1) is 10.2. The number of benzene rings is 1. The fourth-order valence-electron chi connectivity index (χ4n) is 2.43. The van der Waals surface area contributed by atoms with Crippen LogP contribution >= 0.6 is 0 Å². The number of ether oxygens (including phenoxy) is 2. The number of hydrogen-bond donors (Lipinski definition) is 0. The second kappa shape index (κ2) is 7.67. The third kappa shape index (κ3) is 4.77. The number of hydrogen-bond acceptors (Lipinski definition) is 4. The molecule has 1 saturated heterocycles. The Hall–Kier alpha value is -2.04. The maximum absolute atomic E-state index is 12.0. The van der Waals surface area contributed by atoms with Crippen LogP contribution in [0.15, 0.2) is 30.3 Å². The molecule has 0 spiro atoms. The van der Waals surface area contributed by atoms with E-state index < -0.39 is 0 Å². The maximum atomic E-state index is 12.0. The molecule has 0 saturated carbocycles. The van der Waals surface area contributed by atoms with E-state index in [1.807, 2.05) is 30.3 Å². The second-order valence-corrected chi connectivity index (χ2v) is 5.15. The Balaban J connectivity index is 1.73. The summed E-state index contributed by atoms with van der Waals surface area (Å²) in [6.45, 7) is 3.66. The highest BCUT2D eigenvalue weighted by molar-refractivity contribution is 5.71. The molecule has 0 aromatic heterocycles. The molecule has 0 unspecified atom stereocenters. The van der Waals surface area contributed by atoms with E-state index in [9.17, 15) is 9.59 Å². The third-order valence-electron chi connectivity index (χ3n) is 3.51. The van der Waals surface area contributed by atoms with Crippen molar-refractivity contribution in [2.24, 2.45) is 5.92 Å². The molecular formula is C16H21NO4. The number of carbonyl (C=O) groups is 2. The van der Waals surface area contributed by atoms with Crippen molar-refractivity contribution in [3.8, 4) is 0 Å². The van der Waals surface area contributed by atoms with Crippen LogP contribution in [0.1, 0.15) is 25.3 Å². The first-order valence-electron chi connectivity index (χ1n) is 7.30. The van der Waals surface area contributed by atoms with Crippen LogP contribution in [0.4, 0.5) is 4.79 Å². The minimum Gasteiger partial charge on any atom is -0.466 e. The SMILES string of the molecule is CCOC(=O)C[C@@H]1CCN(C(=O)OCc2ccccc2)C1. The molecule has 1 heterocycles. The van der Waals surface area contributed by atoms with Crippen molar-refractivity contribution in [3.63, 3.8) is 0 Å². The number of nitrogens with zero attached hydrogens (tertiary/aromatic N) is 1. The number of amides is 1. The van der Waals surface area contributed by atoms with Crippen molar-refractivity contribution in [1.29, 1.82) is 0 Å². The number of likely N-dealkylation sites (tertiary alicyclic amines) is 1. The zero-order valence-electron chi connectivity index (χ0n) is 12.3. The summed E-state index contributed by atoms with van der Waals surface area (Å²) < 4.78 is 10.2. The minimum absolute atomic E-state index is 0.174. The lowest BCUT2D eigenvalue weighted by Crippen LogP contribution is -2.29. The van der Waals surface area contributed by atoms with Gasteiger partial charge in [-0.3, -0.25) is 4.79 Å². The zero-order valence-corrected chi connectivity index (χ0v) is 12.3. The van der Waals surface area contributed by atoms with Gasteiger partial charge in [0.1, 0.15) is 6.61 Å². The maximum Gasteiger partial charge on any atom is 0.410 e. The average Bonchev–Trinajstić information content (AvgIpc) is 2.94. The molecule has 0 bridgehead atoms. The van der Waals surface area contributed by atoms with Crippen LogP contribution in [0.5, 0.6) is 0 Å². The van der Waals surface area contributed by atoms with E-state index in [2.05, 4.69) is 0 Å². The van der Waals surface area contributed by atoms with Gasteiger partial charge >= 0.3 is 12.1 Å². The largest absolute Gasteiger partial charge is 0.466 e. The van der Waals surface area contributed by atoms with Gasteiger partial charge in [-0.15, -0.1) is 0 Å². The van der Waals surface area contributed by atoms with Crippen molar-refractivity contribution >= 4 is 12.1 Å². The molecule has 0 N–H and O–H groups in total. The van der Waals surface area contributed by atoms with Crippen molar-refractivity contribution in [3.05, 3.63) is 35.9 Å². The summed E-state index contributed by atoms with van der Waals surface area (Å²) >= 11 is 0. The van der Waals surface area contributed by atoms with Crippen LogP contribution in [-0.2, 0) is 20.9 Å². The van der Waals surface area contributed by atoms with Crippen LogP contribution in [0.2, 0.25) is 0 Å². The van der Waals surface area contributed by atoms with E-state index in [1.165, 1.54) is 0 Å². The van der Waals surface area contributed by atoms with Gasteiger partial charge in [-0.05, 0) is 24.8 Å². The molecule has 21 heavy (non-hydrogen) atoms. The number of rotatable bonds is 5. The molecule has 2 rings (SSSR count). The summed E-state index contributed by atoms with van der Waals surface area (Å²) in [6.07, 6.45) is 0.875. The van der Waals surface area contributed by atoms with E-state index in [-0.39, 0.29) is 24.6 Å². The van der Waals surface area contributed by atoms with Crippen molar-refractivity contribution in [2.45, 2.75) is 26.4 Å². The Morgan fingerprint density at radius 2 is 2.00 bits per heavy atom. The predicted octanol–water partition coefficient (Wildman–Crippen LogP) is 2.60.